The van der Waals surface area contributed by atoms with Crippen LogP contribution in [0, 0.1) is 0 Å². The molecule has 0 bridgehead atoms. The summed E-state index contributed by atoms with van der Waals surface area (Å²) in [5.74, 6) is -0.706. The van der Waals surface area contributed by atoms with Crippen LogP contribution in [-0.2, 0) is 14.3 Å². The first-order valence-corrected chi connectivity index (χ1v) is 6.94. The normalized spacial score (nSPS) is 20.9. The van der Waals surface area contributed by atoms with E-state index in [2.05, 4.69) is 0 Å². The number of carboxylic acid groups (broad SMARTS) is 1. The molecule has 0 aliphatic heterocycles. The van der Waals surface area contributed by atoms with Crippen LogP contribution >= 0.6 is 0 Å². The highest BCUT2D eigenvalue weighted by atomic mass is 16.7. The average molecular weight is 254 g/mol. The molecule has 0 aromatic heterocycles. The number of ether oxygens (including phenoxy) is 2. The molecule has 0 heterocycles. The van der Waals surface area contributed by atoms with Gasteiger partial charge in [-0.05, 0) is 58.3 Å². The number of carboxylic acids is 1. The smallest absolute Gasteiger partial charge is 0.338 e. The molecule has 0 amide bonds. The summed E-state index contributed by atoms with van der Waals surface area (Å²) in [6, 6.07) is 0. The second-order valence-corrected chi connectivity index (χ2v) is 5.27. The van der Waals surface area contributed by atoms with E-state index in [-0.39, 0.29) is 23.7 Å². The molecule has 0 spiro atoms. The van der Waals surface area contributed by atoms with Crippen molar-refractivity contribution in [3.63, 3.8) is 0 Å². The fourth-order valence-corrected chi connectivity index (χ4v) is 2.61. The van der Waals surface area contributed by atoms with Crippen molar-refractivity contribution in [2.45, 2.75) is 70.5 Å². The third-order valence-electron chi connectivity index (χ3n) is 3.78. The van der Waals surface area contributed by atoms with Crippen LogP contribution < -0.4 is 0 Å². The number of aliphatic carboxylic acids is 1. The molecule has 0 aromatic carbocycles. The molecule has 0 aromatic rings. The van der Waals surface area contributed by atoms with Crippen LogP contribution in [0.4, 0.5) is 0 Å². The Hall–Kier alpha value is -1.19. The number of hydrogen-bond donors (Lipinski definition) is 1. The Balaban J connectivity index is 2.01. The van der Waals surface area contributed by atoms with Crippen molar-refractivity contribution in [2.24, 2.45) is 0 Å². The van der Waals surface area contributed by atoms with Crippen LogP contribution in [0.2, 0.25) is 0 Å². The van der Waals surface area contributed by atoms with Gasteiger partial charge in [-0.25, -0.2) is 4.79 Å². The van der Waals surface area contributed by atoms with Crippen molar-refractivity contribution in [1.29, 1.82) is 0 Å². The summed E-state index contributed by atoms with van der Waals surface area (Å²) in [5.41, 5.74) is 0.189. The minimum atomic E-state index is -0.957. The number of carbonyl (C=O) groups is 1. The van der Waals surface area contributed by atoms with Crippen LogP contribution in [0.15, 0.2) is 11.5 Å². The first-order valence-electron chi connectivity index (χ1n) is 6.94. The Labute approximate surface area is 108 Å². The summed E-state index contributed by atoms with van der Waals surface area (Å²) in [4.78, 5) is 11.1. The van der Waals surface area contributed by atoms with E-state index in [1.165, 1.54) is 0 Å². The van der Waals surface area contributed by atoms with Crippen molar-refractivity contribution in [3.8, 4) is 0 Å². The van der Waals surface area contributed by atoms with E-state index < -0.39 is 5.97 Å². The number of hydrogen-bond acceptors (Lipinski definition) is 3. The molecule has 2 saturated carbocycles. The fourth-order valence-electron chi connectivity index (χ4n) is 2.61. The third-order valence-corrected chi connectivity index (χ3v) is 3.78. The van der Waals surface area contributed by atoms with Gasteiger partial charge in [0.1, 0.15) is 17.8 Å². The summed E-state index contributed by atoms with van der Waals surface area (Å²) in [7, 11) is 0. The average Bonchev–Trinajstić information content (AvgIpc) is 2.99. The highest BCUT2D eigenvalue weighted by Gasteiger charge is 2.25. The highest BCUT2D eigenvalue weighted by molar-refractivity contribution is 5.86. The van der Waals surface area contributed by atoms with Crippen molar-refractivity contribution >= 4 is 5.97 Å². The molecule has 0 radical (unpaired) electrons. The third kappa shape index (κ3) is 3.40. The van der Waals surface area contributed by atoms with Crippen LogP contribution in [0.1, 0.15) is 58.3 Å². The first-order chi connectivity index (χ1) is 8.66. The summed E-state index contributed by atoms with van der Waals surface area (Å²) in [6.07, 6.45) is 8.93. The van der Waals surface area contributed by atoms with Gasteiger partial charge in [-0.2, -0.15) is 0 Å². The molecule has 102 valence electrons. The van der Waals surface area contributed by atoms with Gasteiger partial charge in [0.25, 0.3) is 5.95 Å². The predicted octanol–water partition coefficient (Wildman–Crippen LogP) is 3.22. The van der Waals surface area contributed by atoms with E-state index in [0.717, 1.165) is 51.4 Å². The Morgan fingerprint density at radius 3 is 1.67 bits per heavy atom. The monoisotopic (exact) mass is 254 g/mol. The Kier molecular flexibility index (Phi) is 4.50. The lowest BCUT2D eigenvalue weighted by Gasteiger charge is -2.21. The maximum absolute atomic E-state index is 11.1. The van der Waals surface area contributed by atoms with Gasteiger partial charge in [-0.1, -0.05) is 0 Å². The molecule has 2 aliphatic carbocycles. The minimum Gasteiger partial charge on any atom is -0.478 e. The topological polar surface area (TPSA) is 55.8 Å². The molecular formula is C14H22O4. The molecule has 2 aliphatic rings. The standard InChI is InChI=1S/C14H22O4/c1-10(13(15)16)14(17-11-6-2-3-7-11)18-12-8-4-5-9-12/h11-12H,2-9H2,1H3,(H,15,16). The summed E-state index contributed by atoms with van der Waals surface area (Å²) < 4.78 is 11.5. The molecule has 1 N–H and O–H groups in total. The van der Waals surface area contributed by atoms with Gasteiger partial charge in [-0.15, -0.1) is 0 Å². The van der Waals surface area contributed by atoms with E-state index in [1.54, 1.807) is 6.92 Å². The molecular weight excluding hydrogens is 232 g/mol. The molecule has 2 rings (SSSR count). The van der Waals surface area contributed by atoms with E-state index >= 15 is 0 Å². The Bertz CT molecular complexity index is 303. The first kappa shape index (κ1) is 13.2. The van der Waals surface area contributed by atoms with Crippen LogP contribution in [0.25, 0.3) is 0 Å². The SMILES string of the molecule is CC(C(=O)O)=C(OC1CCCC1)OC1CCCC1. The summed E-state index contributed by atoms with van der Waals surface area (Å²) >= 11 is 0. The van der Waals surface area contributed by atoms with Crippen LogP contribution in [-0.4, -0.2) is 23.3 Å². The second-order valence-electron chi connectivity index (χ2n) is 5.27. The largest absolute Gasteiger partial charge is 0.478 e. The molecule has 4 nitrogen and oxygen atoms in total. The lowest BCUT2D eigenvalue weighted by molar-refractivity contribution is -0.134. The Morgan fingerprint density at radius 2 is 1.33 bits per heavy atom. The zero-order chi connectivity index (χ0) is 13.0. The van der Waals surface area contributed by atoms with Crippen molar-refractivity contribution in [1.82, 2.24) is 0 Å². The van der Waals surface area contributed by atoms with E-state index in [4.69, 9.17) is 14.6 Å². The van der Waals surface area contributed by atoms with Crippen molar-refractivity contribution in [3.05, 3.63) is 11.5 Å². The van der Waals surface area contributed by atoms with Gasteiger partial charge < -0.3 is 14.6 Å². The van der Waals surface area contributed by atoms with Gasteiger partial charge in [0.05, 0.1) is 0 Å². The van der Waals surface area contributed by atoms with Gasteiger partial charge in [0.15, 0.2) is 0 Å². The highest BCUT2D eigenvalue weighted by Crippen LogP contribution is 2.29. The number of rotatable bonds is 5. The molecule has 0 atom stereocenters. The van der Waals surface area contributed by atoms with Crippen molar-refractivity contribution < 1.29 is 19.4 Å². The molecule has 0 saturated heterocycles. The lowest BCUT2D eigenvalue weighted by Crippen LogP contribution is -2.18. The second kappa shape index (κ2) is 6.12. The molecule has 18 heavy (non-hydrogen) atoms. The maximum Gasteiger partial charge on any atom is 0.338 e. The van der Waals surface area contributed by atoms with Gasteiger partial charge >= 0.3 is 5.97 Å². The molecule has 0 unspecified atom stereocenters. The maximum atomic E-state index is 11.1. The van der Waals surface area contributed by atoms with Gasteiger partial charge in [0.2, 0.25) is 0 Å². The predicted molar refractivity (Wildman–Crippen MR) is 67.0 cm³/mol. The van der Waals surface area contributed by atoms with Crippen LogP contribution in [0.5, 0.6) is 0 Å². The van der Waals surface area contributed by atoms with E-state index in [1.807, 2.05) is 0 Å². The van der Waals surface area contributed by atoms with Crippen molar-refractivity contribution in [2.75, 3.05) is 0 Å². The van der Waals surface area contributed by atoms with E-state index in [0.29, 0.717) is 0 Å². The fraction of sp³-hybridized carbons (Fsp3) is 0.786. The van der Waals surface area contributed by atoms with Gasteiger partial charge in [0, 0.05) is 0 Å². The molecule has 2 fully saturated rings. The quantitative estimate of drug-likeness (QED) is 0.604. The molecule has 4 heteroatoms. The zero-order valence-corrected chi connectivity index (χ0v) is 11.0. The van der Waals surface area contributed by atoms with Gasteiger partial charge in [-0.3, -0.25) is 0 Å². The van der Waals surface area contributed by atoms with Crippen LogP contribution in [0.3, 0.4) is 0 Å². The summed E-state index contributed by atoms with van der Waals surface area (Å²) in [6.45, 7) is 1.56. The Morgan fingerprint density at radius 1 is 0.944 bits per heavy atom. The lowest BCUT2D eigenvalue weighted by atomic mass is 10.3. The van der Waals surface area contributed by atoms with E-state index in [9.17, 15) is 4.79 Å². The summed E-state index contributed by atoms with van der Waals surface area (Å²) in [5, 5.41) is 9.08. The zero-order valence-electron chi connectivity index (χ0n) is 11.0. The minimum absolute atomic E-state index is 0.135.